The van der Waals surface area contributed by atoms with Gasteiger partial charge in [0.25, 0.3) is 5.91 Å². The van der Waals surface area contributed by atoms with E-state index in [1.54, 1.807) is 29.2 Å². The summed E-state index contributed by atoms with van der Waals surface area (Å²) >= 11 is 0. The lowest BCUT2D eigenvalue weighted by Crippen LogP contribution is -2.51. The van der Waals surface area contributed by atoms with Crippen molar-refractivity contribution in [3.63, 3.8) is 0 Å². The molecule has 0 aliphatic carbocycles. The molecule has 3 heterocycles. The molecule has 0 bridgehead atoms. The Labute approximate surface area is 212 Å². The monoisotopic (exact) mass is 524 g/mol. The molecule has 3 N–H and O–H groups in total. The Morgan fingerprint density at radius 3 is 2.59 bits per heavy atom. The Hall–Kier alpha value is -3.12. The number of hydrogen-bond donors (Lipinski definition) is 3. The molecule has 12 heteroatoms. The zero-order valence-electron chi connectivity index (χ0n) is 20.3. The summed E-state index contributed by atoms with van der Waals surface area (Å²) in [6, 6.07) is 7.93. The second-order valence-electron chi connectivity index (χ2n) is 9.81. The first-order valence-corrected chi connectivity index (χ1v) is 12.3. The second kappa shape index (κ2) is 11.1. The first-order valence-electron chi connectivity index (χ1n) is 12.3. The van der Waals surface area contributed by atoms with Crippen LogP contribution in [-0.4, -0.2) is 75.2 Å². The maximum absolute atomic E-state index is 12.7. The molecule has 9 nitrogen and oxygen atoms in total. The quantitative estimate of drug-likeness (QED) is 0.564. The highest BCUT2D eigenvalue weighted by Crippen LogP contribution is 2.37. The summed E-state index contributed by atoms with van der Waals surface area (Å²) in [5.74, 6) is -0.0295. The standard InChI is InChI=1S/C25H31F3N4O5/c26-25(27,28)21-5-9-32(30-21)10-6-23(36)31-11-7-24(8-12-31)14-19(34)18(33)13-17-3-1-2-4-20(17)37-15-22(35)29-16-24/h1-5,9,18-19,33-34H,6-8,10-16H2,(H,29,35)/t18-,19+/m0/s1. The number of halogens is 3. The SMILES string of the molecule is O=C1COc2ccccc2C[C@H](O)[C@H](O)CC2(CCN(C(=O)CCn3ccc(C(F)(F)F)n3)CC2)CN1. The summed E-state index contributed by atoms with van der Waals surface area (Å²) in [4.78, 5) is 26.8. The van der Waals surface area contributed by atoms with Crippen molar-refractivity contribution < 1.29 is 37.7 Å². The summed E-state index contributed by atoms with van der Waals surface area (Å²) in [5, 5.41) is 27.9. The van der Waals surface area contributed by atoms with Crippen molar-refractivity contribution >= 4 is 11.8 Å². The van der Waals surface area contributed by atoms with E-state index in [9.17, 15) is 33.0 Å². The number of rotatable bonds is 3. The number of ether oxygens (including phenoxy) is 1. The van der Waals surface area contributed by atoms with Crippen molar-refractivity contribution in [2.24, 2.45) is 5.41 Å². The normalized spacial score (nSPS) is 22.8. The average Bonchev–Trinajstić information content (AvgIpc) is 3.35. The van der Waals surface area contributed by atoms with Crippen LogP contribution in [-0.2, 0) is 28.7 Å². The first-order chi connectivity index (χ1) is 17.5. The highest BCUT2D eigenvalue weighted by Gasteiger charge is 2.39. The van der Waals surface area contributed by atoms with Gasteiger partial charge < -0.3 is 25.2 Å². The van der Waals surface area contributed by atoms with Crippen LogP contribution in [0.25, 0.3) is 0 Å². The van der Waals surface area contributed by atoms with E-state index in [1.807, 2.05) is 0 Å². The number of amides is 2. The van der Waals surface area contributed by atoms with Gasteiger partial charge in [-0.15, -0.1) is 0 Å². The molecule has 1 fully saturated rings. The number of piperidine rings is 1. The number of aliphatic hydroxyl groups is 2. The molecule has 0 unspecified atom stereocenters. The van der Waals surface area contributed by atoms with Gasteiger partial charge in [-0.3, -0.25) is 14.3 Å². The topological polar surface area (TPSA) is 117 Å². The van der Waals surface area contributed by atoms with E-state index >= 15 is 0 Å². The lowest BCUT2D eigenvalue weighted by Gasteiger charge is -2.43. The van der Waals surface area contributed by atoms with E-state index in [2.05, 4.69) is 10.4 Å². The van der Waals surface area contributed by atoms with Crippen molar-refractivity contribution in [3.8, 4) is 5.75 Å². The van der Waals surface area contributed by atoms with Gasteiger partial charge in [0.1, 0.15) is 5.75 Å². The predicted octanol–water partition coefficient (Wildman–Crippen LogP) is 1.76. The number of hydrogen-bond acceptors (Lipinski definition) is 6. The van der Waals surface area contributed by atoms with E-state index in [1.165, 1.54) is 6.20 Å². The van der Waals surface area contributed by atoms with Gasteiger partial charge >= 0.3 is 6.18 Å². The largest absolute Gasteiger partial charge is 0.483 e. The second-order valence-corrected chi connectivity index (χ2v) is 9.81. The number of fused-ring (bicyclic) bond motifs is 1. The number of benzene rings is 1. The molecule has 0 saturated carbocycles. The minimum atomic E-state index is -4.53. The highest BCUT2D eigenvalue weighted by molar-refractivity contribution is 5.77. The molecular formula is C25H31F3N4O5. The van der Waals surface area contributed by atoms with Crippen LogP contribution in [0.1, 0.15) is 36.9 Å². The number of aryl methyl sites for hydroxylation is 1. The van der Waals surface area contributed by atoms with Crippen molar-refractivity contribution in [1.29, 1.82) is 0 Å². The fourth-order valence-electron chi connectivity index (χ4n) is 4.92. The summed E-state index contributed by atoms with van der Waals surface area (Å²) in [7, 11) is 0. The summed E-state index contributed by atoms with van der Waals surface area (Å²) < 4.78 is 44.9. The van der Waals surface area contributed by atoms with Crippen LogP contribution in [0.15, 0.2) is 36.5 Å². The van der Waals surface area contributed by atoms with Gasteiger partial charge in [0.05, 0.1) is 12.2 Å². The minimum Gasteiger partial charge on any atom is -0.483 e. The van der Waals surface area contributed by atoms with Gasteiger partial charge in [0, 0.05) is 45.2 Å². The maximum Gasteiger partial charge on any atom is 0.435 e. The third-order valence-electron chi connectivity index (χ3n) is 7.17. The third-order valence-corrected chi connectivity index (χ3v) is 7.17. The number of nitrogens with one attached hydrogen (secondary N) is 1. The zero-order valence-corrected chi connectivity index (χ0v) is 20.3. The number of aliphatic hydroxyl groups excluding tert-OH is 2. The molecular weight excluding hydrogens is 493 g/mol. The van der Waals surface area contributed by atoms with Gasteiger partial charge in [-0.05, 0) is 42.4 Å². The third kappa shape index (κ3) is 6.80. The van der Waals surface area contributed by atoms with Crippen LogP contribution in [0.4, 0.5) is 13.2 Å². The summed E-state index contributed by atoms with van der Waals surface area (Å²) in [5.41, 5.74) is -0.842. The molecule has 4 rings (SSSR count). The Morgan fingerprint density at radius 2 is 1.89 bits per heavy atom. The molecule has 202 valence electrons. The van der Waals surface area contributed by atoms with Crippen molar-refractivity contribution in [2.75, 3.05) is 26.2 Å². The average molecular weight is 525 g/mol. The van der Waals surface area contributed by atoms with Crippen molar-refractivity contribution in [2.45, 2.75) is 57.0 Å². The maximum atomic E-state index is 12.7. The van der Waals surface area contributed by atoms with Gasteiger partial charge in [-0.1, -0.05) is 18.2 Å². The molecule has 1 saturated heterocycles. The Bertz CT molecular complexity index is 1100. The number of carbonyl (C=O) groups excluding carboxylic acids is 2. The molecule has 2 amide bonds. The van der Waals surface area contributed by atoms with Gasteiger partial charge in [0.2, 0.25) is 5.91 Å². The number of likely N-dealkylation sites (tertiary alicyclic amines) is 1. The van der Waals surface area contributed by atoms with E-state index in [4.69, 9.17) is 4.74 Å². The number of aromatic nitrogens is 2. The molecule has 1 spiro atoms. The number of alkyl halides is 3. The zero-order chi connectivity index (χ0) is 26.6. The van der Waals surface area contributed by atoms with Gasteiger partial charge in [-0.2, -0.15) is 18.3 Å². The van der Waals surface area contributed by atoms with Crippen molar-refractivity contribution in [3.05, 3.63) is 47.8 Å². The molecule has 2 aliphatic heterocycles. The van der Waals surface area contributed by atoms with Crippen LogP contribution in [0.2, 0.25) is 0 Å². The molecule has 2 aromatic rings. The highest BCUT2D eigenvalue weighted by atomic mass is 19.4. The molecule has 2 aliphatic rings. The minimum absolute atomic E-state index is 0.000794. The fraction of sp³-hybridized carbons (Fsp3) is 0.560. The molecule has 2 atom stereocenters. The predicted molar refractivity (Wildman–Crippen MR) is 125 cm³/mol. The Kier molecular flexibility index (Phi) is 8.08. The number of carbonyl (C=O) groups is 2. The molecule has 1 aromatic heterocycles. The van der Waals surface area contributed by atoms with Crippen molar-refractivity contribution in [1.82, 2.24) is 20.0 Å². The van der Waals surface area contributed by atoms with Crippen LogP contribution in [0.3, 0.4) is 0 Å². The molecule has 1 aromatic carbocycles. The van der Waals surface area contributed by atoms with Crippen LogP contribution < -0.4 is 10.1 Å². The summed E-state index contributed by atoms with van der Waals surface area (Å²) in [6.07, 6.45) is -4.03. The van der Waals surface area contributed by atoms with Gasteiger partial charge in [-0.25, -0.2) is 0 Å². The van der Waals surface area contributed by atoms with E-state index < -0.39 is 29.5 Å². The summed E-state index contributed by atoms with van der Waals surface area (Å²) in [6.45, 7) is 0.836. The van der Waals surface area contributed by atoms with Crippen LogP contribution in [0, 0.1) is 5.41 Å². The van der Waals surface area contributed by atoms with E-state index in [0.29, 0.717) is 37.2 Å². The lowest BCUT2D eigenvalue weighted by atomic mass is 9.73. The smallest absolute Gasteiger partial charge is 0.435 e. The first kappa shape index (κ1) is 26.9. The van der Waals surface area contributed by atoms with Crippen LogP contribution in [0.5, 0.6) is 5.75 Å². The fourth-order valence-corrected chi connectivity index (χ4v) is 4.92. The van der Waals surface area contributed by atoms with E-state index in [0.717, 1.165) is 10.7 Å². The molecule has 0 radical (unpaired) electrons. The Morgan fingerprint density at radius 1 is 1.16 bits per heavy atom. The van der Waals surface area contributed by atoms with Crippen LogP contribution >= 0.6 is 0 Å². The Balaban J connectivity index is 1.37. The molecule has 37 heavy (non-hydrogen) atoms. The van der Waals surface area contributed by atoms with E-state index in [-0.39, 0.29) is 50.8 Å². The van der Waals surface area contributed by atoms with Gasteiger partial charge in [0.15, 0.2) is 12.3 Å². The number of nitrogens with zero attached hydrogens (tertiary/aromatic N) is 3. The number of para-hydroxylation sites is 1. The lowest BCUT2D eigenvalue weighted by molar-refractivity contribution is -0.141.